The predicted octanol–water partition coefficient (Wildman–Crippen LogP) is 19.9. The van der Waals surface area contributed by atoms with Gasteiger partial charge in [0.1, 0.15) is 5.82 Å². The maximum atomic E-state index is 9.48. The first-order valence-corrected chi connectivity index (χ1v) is 29.2. The van der Waals surface area contributed by atoms with E-state index in [0.29, 0.717) is 22.7 Å². The van der Waals surface area contributed by atoms with Crippen LogP contribution in [0.4, 0.5) is 0 Å². The summed E-state index contributed by atoms with van der Waals surface area (Å²) < 4.78 is 61.3. The molecule has 0 saturated carbocycles. The third kappa shape index (κ3) is 8.87. The van der Waals surface area contributed by atoms with Crippen LogP contribution in [-0.4, -0.2) is 18.7 Å². The van der Waals surface area contributed by atoms with Crippen molar-refractivity contribution in [3.05, 3.63) is 278 Å². The quantitative estimate of drug-likeness (QED) is 0.118. The number of rotatable bonds is 7. The minimum atomic E-state index is -0.445. The van der Waals surface area contributed by atoms with Gasteiger partial charge >= 0.3 is 0 Å². The van der Waals surface area contributed by atoms with Gasteiger partial charge in [0.2, 0.25) is 0 Å². The number of nitrogens with zero attached hydrogens (tertiary/aromatic N) is 5. The van der Waals surface area contributed by atoms with Crippen LogP contribution in [0.25, 0.3) is 133 Å². The first kappa shape index (κ1) is 48.4. The summed E-state index contributed by atoms with van der Waals surface area (Å²) in [5, 5.41) is 4.36. The monoisotopic (exact) mass is 1310 g/mol. The Morgan fingerprint density at radius 2 is 1.06 bits per heavy atom. The summed E-state index contributed by atoms with van der Waals surface area (Å²) >= 11 is 0. The summed E-state index contributed by atoms with van der Waals surface area (Å²) in [5.41, 5.74) is 17.7. The van der Waals surface area contributed by atoms with Crippen LogP contribution in [0.5, 0.6) is 11.5 Å². The molecular formula is C80H59N5OPt-2. The van der Waals surface area contributed by atoms with Gasteiger partial charge in [-0.3, -0.25) is 4.57 Å². The fourth-order valence-electron chi connectivity index (χ4n) is 13.0. The number of hydrogen-bond donors (Lipinski definition) is 0. The second-order valence-electron chi connectivity index (χ2n) is 24.4. The largest absolute Gasteiger partial charge is 0.510 e. The number of hydrogen-bond acceptors (Lipinski definition) is 2. The number of ether oxygens (including phenoxy) is 1. The summed E-state index contributed by atoms with van der Waals surface area (Å²) in [5.74, 6) is 1.79. The predicted molar refractivity (Wildman–Crippen MR) is 352 cm³/mol. The molecule has 1 aliphatic rings. The van der Waals surface area contributed by atoms with E-state index in [-0.39, 0.29) is 49.5 Å². The molecule has 87 heavy (non-hydrogen) atoms. The molecule has 0 amide bonds. The zero-order valence-corrected chi connectivity index (χ0v) is 51.0. The van der Waals surface area contributed by atoms with Gasteiger partial charge in [0.15, 0.2) is 0 Å². The Morgan fingerprint density at radius 3 is 1.77 bits per heavy atom. The van der Waals surface area contributed by atoms with Crippen molar-refractivity contribution in [3.63, 3.8) is 0 Å². The molecule has 0 atom stereocenters. The molecule has 422 valence electrons. The Labute approximate surface area is 528 Å². The molecule has 7 heteroatoms. The molecule has 0 radical (unpaired) electrons. The minimum absolute atomic E-state index is 0. The van der Waals surface area contributed by atoms with Crippen molar-refractivity contribution in [2.45, 2.75) is 52.4 Å². The van der Waals surface area contributed by atoms with Crippen molar-refractivity contribution in [2.75, 3.05) is 0 Å². The second-order valence-corrected chi connectivity index (χ2v) is 24.4. The molecule has 4 aromatic heterocycles. The van der Waals surface area contributed by atoms with Crippen molar-refractivity contribution < 1.29 is 37.2 Å². The van der Waals surface area contributed by atoms with Crippen molar-refractivity contribution >= 4 is 54.6 Å². The molecule has 0 unspecified atom stereocenters. The van der Waals surface area contributed by atoms with E-state index in [4.69, 9.17) is 13.8 Å². The van der Waals surface area contributed by atoms with Crippen LogP contribution in [0.2, 0.25) is 0 Å². The molecule has 0 bridgehead atoms. The topological polar surface area (TPSA) is 40.8 Å². The fourth-order valence-corrected chi connectivity index (χ4v) is 13.0. The van der Waals surface area contributed by atoms with E-state index in [1.807, 2.05) is 54.7 Å². The van der Waals surface area contributed by atoms with Gasteiger partial charge in [0.05, 0.1) is 34.6 Å². The van der Waals surface area contributed by atoms with Crippen LogP contribution in [0.15, 0.2) is 249 Å². The fraction of sp³-hybridized carbons (Fsp3) is 0.100. The van der Waals surface area contributed by atoms with Crippen LogP contribution >= 0.6 is 0 Å². The molecule has 1 aliphatic heterocycles. The van der Waals surface area contributed by atoms with Crippen molar-refractivity contribution in [1.29, 1.82) is 0 Å². The van der Waals surface area contributed by atoms with E-state index < -0.39 is 18.1 Å². The maximum Gasteiger partial charge on any atom is 0.268 e. The normalized spacial score (nSPS) is 13.0. The van der Waals surface area contributed by atoms with Gasteiger partial charge in [-0.15, -0.1) is 29.7 Å². The molecule has 0 fully saturated rings. The van der Waals surface area contributed by atoms with Crippen LogP contribution in [-0.2, 0) is 31.9 Å². The van der Waals surface area contributed by atoms with Gasteiger partial charge < -0.3 is 18.4 Å². The third-order valence-corrected chi connectivity index (χ3v) is 17.1. The summed E-state index contributed by atoms with van der Waals surface area (Å²) in [6.07, 6.45) is 5.88. The zero-order chi connectivity index (χ0) is 62.4. The first-order chi connectivity index (χ1) is 44.0. The molecule has 11 aromatic carbocycles. The molecule has 0 N–H and O–H groups in total. The molecular weight excluding hydrogens is 1240 g/mol. The van der Waals surface area contributed by atoms with E-state index in [0.717, 1.165) is 116 Å². The average Bonchev–Trinajstić information content (AvgIpc) is 1.52. The Hall–Kier alpha value is -9.87. The Morgan fingerprint density at radius 1 is 0.460 bits per heavy atom. The number of aromatic nitrogens is 5. The maximum absolute atomic E-state index is 9.48. The third-order valence-electron chi connectivity index (χ3n) is 17.1. The van der Waals surface area contributed by atoms with Gasteiger partial charge in [0, 0.05) is 60.7 Å². The van der Waals surface area contributed by atoms with Crippen molar-refractivity contribution in [3.8, 4) is 90.0 Å². The number of benzene rings is 11. The zero-order valence-electron chi connectivity index (χ0n) is 53.7. The van der Waals surface area contributed by atoms with Crippen LogP contribution < -0.4 is 9.30 Å². The molecule has 15 aromatic rings. The number of pyridine rings is 1. The van der Waals surface area contributed by atoms with Crippen LogP contribution in [0.3, 0.4) is 0 Å². The number of fused-ring (bicyclic) bond motifs is 13. The number of para-hydroxylation sites is 4. The minimum Gasteiger partial charge on any atom is -0.510 e. The van der Waals surface area contributed by atoms with Crippen molar-refractivity contribution in [1.82, 2.24) is 18.7 Å². The van der Waals surface area contributed by atoms with E-state index in [1.165, 1.54) is 11.1 Å². The van der Waals surface area contributed by atoms with Crippen LogP contribution in [0, 0.1) is 18.5 Å². The van der Waals surface area contributed by atoms with Gasteiger partial charge in [-0.25, -0.2) is 4.98 Å². The summed E-state index contributed by atoms with van der Waals surface area (Å²) in [4.78, 5) is 4.93. The van der Waals surface area contributed by atoms with Gasteiger partial charge in [-0.05, 0) is 131 Å². The summed E-state index contributed by atoms with van der Waals surface area (Å²) in [6.45, 7) is 13.3. The molecule has 0 spiro atoms. The van der Waals surface area contributed by atoms with E-state index in [9.17, 15) is 2.74 Å². The Bertz CT molecular complexity index is 5470. The molecule has 0 saturated heterocycles. The van der Waals surface area contributed by atoms with E-state index in [1.54, 1.807) is 0 Å². The molecule has 6 nitrogen and oxygen atoms in total. The second kappa shape index (κ2) is 20.7. The van der Waals surface area contributed by atoms with Gasteiger partial charge in [-0.1, -0.05) is 217 Å². The smallest absolute Gasteiger partial charge is 0.268 e. The Balaban J connectivity index is 0.00000702. The van der Waals surface area contributed by atoms with E-state index >= 15 is 0 Å². The summed E-state index contributed by atoms with van der Waals surface area (Å²) in [6, 6.07) is 79.2. The SMILES string of the molecule is [2H]c1c([2H])c([2H])c(-c2cccc3c2-c2ccccc2-c2cc(-n4c5ccccc5c5ccccc54)cc4c2[n+]([c-]n4-c2[c-]c(Oc4[c-]c5c(cc4)c4ccccc4n5-c4cc(C(C)(C)C)ccn4)ccc2)-c2c(-c4ccc(C(C)(C)C)cc4)cccc2-3)c([2H])c1[2H].[Pt]. The molecule has 0 aliphatic carbocycles. The molecule has 5 heterocycles. The van der Waals surface area contributed by atoms with E-state index in [2.05, 4.69) is 242 Å². The number of imidazole rings is 1. The van der Waals surface area contributed by atoms with Crippen molar-refractivity contribution in [2.24, 2.45) is 0 Å². The van der Waals surface area contributed by atoms with Gasteiger partial charge in [-0.2, -0.15) is 18.2 Å². The Kier molecular flexibility index (Phi) is 11.5. The average molecular weight is 1310 g/mol. The first-order valence-electron chi connectivity index (χ1n) is 31.7. The standard InChI is InChI=1S/C80H59N5O.Pt/c1-79(2,3)53-39-37-52(38-40-53)60-31-20-33-68-67-32-19-30-59(51-21-8-7-9-22-51)76(67)66-29-11-10-25-61(66)69-47-56(84-70-34-15-12-26-62(70)63-27-13-16-35-71(63)84)48-74-78(69)83(77(60)68)50-82(74)55-23-18-24-57(46-55)86-58-41-42-65-64-28-14-17-36-72(64)85(73(65)49-58)75-45-54(43-44-81-75)80(4,5)6;/h7-45,47-48H,1-6H3;/q-2;/i7D,8D,9D,21D,22D;. The summed E-state index contributed by atoms with van der Waals surface area (Å²) in [7, 11) is 0. The van der Waals surface area contributed by atoms with Crippen LogP contribution in [0.1, 0.15) is 59.5 Å². The van der Waals surface area contributed by atoms with Gasteiger partial charge in [0.25, 0.3) is 6.33 Å². The molecule has 16 rings (SSSR count).